The van der Waals surface area contributed by atoms with Crippen LogP contribution in [0.4, 0.5) is 19.4 Å². The van der Waals surface area contributed by atoms with Crippen molar-refractivity contribution in [1.29, 1.82) is 0 Å². The fourth-order valence-electron chi connectivity index (χ4n) is 13.4. The molecule has 9 heterocycles. The first-order valence-electron chi connectivity index (χ1n) is 27.0. The summed E-state index contributed by atoms with van der Waals surface area (Å²) in [7, 11) is 3.30. The molecule has 1 spiro atoms. The first-order chi connectivity index (χ1) is 37.3. The van der Waals surface area contributed by atoms with Crippen LogP contribution in [0.3, 0.4) is 0 Å². The van der Waals surface area contributed by atoms with E-state index in [1.807, 2.05) is 25.2 Å². The third kappa shape index (κ3) is 9.22. The van der Waals surface area contributed by atoms with E-state index in [9.17, 15) is 23.9 Å². The monoisotopic (exact) mass is 1050 g/mol. The predicted molar refractivity (Wildman–Crippen MR) is 284 cm³/mol. The molecule has 2 unspecified atom stereocenters. The lowest BCUT2D eigenvalue weighted by Crippen LogP contribution is -2.48. The number of nitrogens with one attached hydrogen (secondary N) is 1. The smallest absolute Gasteiger partial charge is 0.409 e. The third-order valence-corrected chi connectivity index (χ3v) is 17.5. The summed E-state index contributed by atoms with van der Waals surface area (Å²) in [6, 6.07) is 11.8. The number of imide groups is 1. The quantitative estimate of drug-likeness (QED) is 0.125. The van der Waals surface area contributed by atoms with Crippen molar-refractivity contribution in [2.75, 3.05) is 64.6 Å². The molecule has 1 aliphatic carbocycles. The van der Waals surface area contributed by atoms with Crippen LogP contribution in [0.1, 0.15) is 105 Å². The molecular formula is C59H61F2N9O7. The van der Waals surface area contributed by atoms with Gasteiger partial charge in [0.2, 0.25) is 11.8 Å². The Labute approximate surface area is 444 Å². The van der Waals surface area contributed by atoms with E-state index in [4.69, 9.17) is 35.6 Å². The number of terminal acetylenes is 1. The molecule has 2 N–H and O–H groups in total. The SMILES string of the molecule is C#Cc1c(F)ccc2cc(O)cc(-c3nc4c5c(nc(OCC67CCCN6CCC7)nc5c3F)N3CCCOCC3CC4)c12.COC(=O)N1CCC2(CC1)CC(C#Cc1ccc3c(C4CCC(=O)NC4=O)nn(C)c3c1)C2. The summed E-state index contributed by atoms with van der Waals surface area (Å²) < 4.78 is 50.8. The minimum atomic E-state index is -0.692. The zero-order valence-electron chi connectivity index (χ0n) is 43.4. The van der Waals surface area contributed by atoms with Crippen molar-refractivity contribution in [2.45, 2.75) is 101 Å². The summed E-state index contributed by atoms with van der Waals surface area (Å²) in [5, 5.41) is 19.9. The van der Waals surface area contributed by atoms with Crippen LogP contribution in [0.2, 0.25) is 0 Å². The van der Waals surface area contributed by atoms with E-state index in [-0.39, 0.29) is 63.6 Å². The summed E-state index contributed by atoms with van der Waals surface area (Å²) >= 11 is 0. The highest BCUT2D eigenvalue weighted by Gasteiger charge is 2.47. The molecule has 0 bridgehead atoms. The van der Waals surface area contributed by atoms with Gasteiger partial charge in [0.15, 0.2) is 5.82 Å². The molecule has 3 amide bonds. The normalized spacial score (nSPS) is 21.7. The molecule has 398 valence electrons. The lowest BCUT2D eigenvalue weighted by atomic mass is 9.58. The number of likely N-dealkylation sites (tertiary alicyclic amines) is 1. The van der Waals surface area contributed by atoms with Crippen LogP contribution in [-0.2, 0) is 32.5 Å². The number of methoxy groups -OCH3 is 1. The molecule has 13 rings (SSSR count). The number of hydrogen-bond donors (Lipinski definition) is 2. The Morgan fingerprint density at radius 3 is 2.52 bits per heavy atom. The van der Waals surface area contributed by atoms with Gasteiger partial charge in [-0.1, -0.05) is 23.8 Å². The van der Waals surface area contributed by atoms with E-state index >= 15 is 4.39 Å². The number of aromatic nitrogens is 5. The van der Waals surface area contributed by atoms with Gasteiger partial charge in [0.05, 0.1) is 59.1 Å². The Morgan fingerprint density at radius 1 is 0.948 bits per heavy atom. The highest BCUT2D eigenvalue weighted by atomic mass is 19.1. The maximum atomic E-state index is 17.0. The van der Waals surface area contributed by atoms with Crippen molar-refractivity contribution in [1.82, 2.24) is 39.8 Å². The Hall–Kier alpha value is -7.41. The van der Waals surface area contributed by atoms with Crippen molar-refractivity contribution in [3.05, 3.63) is 76.6 Å². The average Bonchev–Trinajstić information content (AvgIpc) is 4.14. The maximum absolute atomic E-state index is 17.0. The molecule has 5 saturated heterocycles. The largest absolute Gasteiger partial charge is 0.508 e. The fourth-order valence-corrected chi connectivity index (χ4v) is 13.4. The van der Waals surface area contributed by atoms with Gasteiger partial charge in [-0.15, -0.1) is 6.42 Å². The van der Waals surface area contributed by atoms with Crippen molar-refractivity contribution >= 4 is 56.3 Å². The molecule has 7 aliphatic rings. The summed E-state index contributed by atoms with van der Waals surface area (Å²) in [5.41, 5.74) is 3.76. The Balaban J connectivity index is 0.000000162. The summed E-state index contributed by atoms with van der Waals surface area (Å²) in [4.78, 5) is 56.4. The first-order valence-corrected chi connectivity index (χ1v) is 27.0. The van der Waals surface area contributed by atoms with Gasteiger partial charge in [-0.25, -0.2) is 18.6 Å². The van der Waals surface area contributed by atoms with Gasteiger partial charge in [-0.2, -0.15) is 15.1 Å². The average molecular weight is 1050 g/mol. The minimum absolute atomic E-state index is 0.0143. The van der Waals surface area contributed by atoms with Gasteiger partial charge < -0.3 is 29.1 Å². The second-order valence-electron chi connectivity index (χ2n) is 22.0. The lowest BCUT2D eigenvalue weighted by molar-refractivity contribution is -0.134. The number of pyridine rings is 1. The highest BCUT2D eigenvalue weighted by Crippen LogP contribution is 2.52. The maximum Gasteiger partial charge on any atom is 0.409 e. The van der Waals surface area contributed by atoms with Crippen LogP contribution in [-0.4, -0.2) is 129 Å². The van der Waals surface area contributed by atoms with Crippen molar-refractivity contribution in [2.24, 2.45) is 18.4 Å². The topological polar surface area (TPSA) is 177 Å². The number of amides is 3. The number of hydrogen-bond acceptors (Lipinski definition) is 13. The number of rotatable bonds is 5. The number of carbonyl (C=O) groups is 3. The Kier molecular flexibility index (Phi) is 13.2. The van der Waals surface area contributed by atoms with E-state index in [1.165, 1.54) is 31.4 Å². The highest BCUT2D eigenvalue weighted by molar-refractivity contribution is 6.04. The number of ether oxygens (including phenoxy) is 3. The van der Waals surface area contributed by atoms with Gasteiger partial charge in [-0.05, 0) is 137 Å². The number of phenolic OH excluding ortho intramolecular Hbond substituents is 1. The molecule has 0 radical (unpaired) electrons. The van der Waals surface area contributed by atoms with Gasteiger partial charge in [0, 0.05) is 67.5 Å². The van der Waals surface area contributed by atoms with Crippen LogP contribution in [0.25, 0.3) is 43.8 Å². The van der Waals surface area contributed by atoms with E-state index in [2.05, 4.69) is 38.0 Å². The summed E-state index contributed by atoms with van der Waals surface area (Å²) in [6.07, 6.45) is 17.0. The molecule has 77 heavy (non-hydrogen) atoms. The van der Waals surface area contributed by atoms with Gasteiger partial charge >= 0.3 is 12.1 Å². The number of phenols is 1. The van der Waals surface area contributed by atoms with Gasteiger partial charge in [0.1, 0.15) is 35.2 Å². The zero-order valence-corrected chi connectivity index (χ0v) is 43.4. The van der Waals surface area contributed by atoms with Crippen molar-refractivity contribution in [3.63, 3.8) is 0 Å². The Bertz CT molecular complexity index is 3480. The predicted octanol–water partition coefficient (Wildman–Crippen LogP) is 8.06. The number of carbonyl (C=O) groups excluding carboxylic acids is 3. The van der Waals surface area contributed by atoms with Crippen LogP contribution in [0.5, 0.6) is 11.8 Å². The molecule has 1 saturated carbocycles. The molecule has 6 fully saturated rings. The van der Waals surface area contributed by atoms with Gasteiger partial charge in [-0.3, -0.25) is 24.5 Å². The Morgan fingerprint density at radius 2 is 1.75 bits per heavy atom. The number of fused-ring (bicyclic) bond motifs is 5. The summed E-state index contributed by atoms with van der Waals surface area (Å²) in [6.45, 7) is 5.99. The van der Waals surface area contributed by atoms with E-state index < -0.39 is 17.6 Å². The van der Waals surface area contributed by atoms with E-state index in [1.54, 1.807) is 9.58 Å². The molecule has 2 atom stereocenters. The number of anilines is 1. The van der Waals surface area contributed by atoms with Crippen molar-refractivity contribution in [3.8, 4) is 47.2 Å². The number of halogens is 2. The second kappa shape index (κ2) is 20.2. The summed E-state index contributed by atoms with van der Waals surface area (Å²) in [5.74, 6) is 7.87. The van der Waals surface area contributed by atoms with Crippen molar-refractivity contribution < 1.29 is 42.5 Å². The van der Waals surface area contributed by atoms with Gasteiger partial charge in [0.25, 0.3) is 0 Å². The van der Waals surface area contributed by atoms with Crippen LogP contribution in [0, 0.1) is 47.2 Å². The second-order valence-corrected chi connectivity index (χ2v) is 22.0. The number of nitrogens with zero attached hydrogens (tertiary/aromatic N) is 8. The minimum Gasteiger partial charge on any atom is -0.508 e. The number of piperidine rings is 2. The van der Waals surface area contributed by atoms with Crippen LogP contribution < -0.4 is 15.0 Å². The molecule has 3 aromatic carbocycles. The van der Waals surface area contributed by atoms with E-state index in [0.717, 1.165) is 113 Å². The van der Waals surface area contributed by atoms with Crippen LogP contribution >= 0.6 is 0 Å². The molecule has 6 aliphatic heterocycles. The molecule has 18 heteroatoms. The fraction of sp³-hybridized carbons (Fsp3) is 0.475. The third-order valence-electron chi connectivity index (χ3n) is 17.5. The molecule has 16 nitrogen and oxygen atoms in total. The van der Waals surface area contributed by atoms with Crippen LogP contribution in [0.15, 0.2) is 42.5 Å². The number of benzene rings is 3. The molecular weight excluding hydrogens is 985 g/mol. The molecule has 6 aromatic rings. The number of aryl methyl sites for hydroxylation is 2. The lowest BCUT2D eigenvalue weighted by Gasteiger charge is -2.50. The zero-order chi connectivity index (χ0) is 53.2. The molecule has 3 aromatic heterocycles. The number of aromatic hydroxyl groups is 1. The van der Waals surface area contributed by atoms with E-state index in [0.29, 0.717) is 84.6 Å². The first kappa shape index (κ1) is 50.4. The standard InChI is InChI=1S/C34H33F2N5O3.C25H28N4O4/c1-2-23-25(35)8-6-20-16-22(42)17-24(27(20)23)30-29(36)31-28-26(37-30)9-7-21-18-43-15-5-14-41(21)32(28)39-33(38-31)44-19-34-10-3-12-40(34)13-4-11-34;1-28-20-13-16(5-6-18(20)22(27-28)19-7-8-21(30)26-23(19)31)3-4-17-14-25(15-17)9-11-29(12-10-25)24(32)33-2/h1,6,8,16-17,21,42H,3-5,7,9-15,18-19H2;5-6,13,17,19H,7-12,14-15H2,1-2H3,(H,26,30,31).